The van der Waals surface area contributed by atoms with Gasteiger partial charge in [-0.25, -0.2) is 8.42 Å². The van der Waals surface area contributed by atoms with Gasteiger partial charge in [-0.3, -0.25) is 4.79 Å². The fourth-order valence-corrected chi connectivity index (χ4v) is 6.58. The minimum absolute atomic E-state index is 0.0354. The highest BCUT2D eigenvalue weighted by molar-refractivity contribution is 7.89. The van der Waals surface area contributed by atoms with E-state index in [9.17, 15) is 18.3 Å². The summed E-state index contributed by atoms with van der Waals surface area (Å²) in [7, 11) is -0.569. The van der Waals surface area contributed by atoms with E-state index in [1.54, 1.807) is 38.1 Å². The second-order valence-electron chi connectivity index (χ2n) is 9.69. The molecule has 1 heterocycles. The van der Waals surface area contributed by atoms with Gasteiger partial charge >= 0.3 is 0 Å². The fraction of sp³-hybridized carbons (Fsp3) is 0.654. The molecule has 194 valence electrons. The van der Waals surface area contributed by atoms with Crippen LogP contribution in [0.25, 0.3) is 0 Å². The summed E-state index contributed by atoms with van der Waals surface area (Å²) in [5.41, 5.74) is 0.608. The van der Waals surface area contributed by atoms with Crippen molar-refractivity contribution >= 4 is 15.9 Å². The molecular formula is C26H38N2O6S. The topological polar surface area (TPSA) is 96.4 Å². The van der Waals surface area contributed by atoms with Gasteiger partial charge in [-0.2, -0.15) is 4.31 Å². The first-order valence-electron chi connectivity index (χ1n) is 12.3. The molecule has 0 saturated heterocycles. The molecule has 1 aromatic rings. The van der Waals surface area contributed by atoms with Crippen molar-refractivity contribution in [2.24, 2.45) is 11.8 Å². The van der Waals surface area contributed by atoms with Crippen molar-refractivity contribution in [2.75, 3.05) is 40.5 Å². The number of aliphatic hydroxyl groups excluding tert-OH is 1. The van der Waals surface area contributed by atoms with Crippen LogP contribution in [0.3, 0.4) is 0 Å². The lowest BCUT2D eigenvalue weighted by Gasteiger charge is -2.38. The van der Waals surface area contributed by atoms with E-state index in [4.69, 9.17) is 9.47 Å². The van der Waals surface area contributed by atoms with Crippen molar-refractivity contribution in [3.05, 3.63) is 23.8 Å². The van der Waals surface area contributed by atoms with Gasteiger partial charge in [0.05, 0.1) is 13.2 Å². The van der Waals surface area contributed by atoms with Crippen LogP contribution in [0.4, 0.5) is 0 Å². The summed E-state index contributed by atoms with van der Waals surface area (Å²) in [5.74, 6) is 5.98. The van der Waals surface area contributed by atoms with E-state index in [2.05, 4.69) is 11.8 Å². The molecule has 1 saturated carbocycles. The zero-order valence-corrected chi connectivity index (χ0v) is 22.0. The third-order valence-corrected chi connectivity index (χ3v) is 8.92. The Kier molecular flexibility index (Phi) is 9.59. The van der Waals surface area contributed by atoms with E-state index in [1.165, 1.54) is 16.8 Å². The highest BCUT2D eigenvalue weighted by atomic mass is 32.2. The van der Waals surface area contributed by atoms with E-state index in [1.807, 2.05) is 6.92 Å². The quantitative estimate of drug-likeness (QED) is 0.596. The van der Waals surface area contributed by atoms with Gasteiger partial charge in [0.25, 0.3) is 0 Å². The van der Waals surface area contributed by atoms with Gasteiger partial charge in [-0.15, -0.1) is 0 Å². The number of benzene rings is 1. The number of fused-ring (bicyclic) bond motifs is 1. The van der Waals surface area contributed by atoms with Gasteiger partial charge in [0, 0.05) is 44.1 Å². The van der Waals surface area contributed by atoms with Crippen LogP contribution in [0.15, 0.2) is 23.1 Å². The molecule has 0 unspecified atom stereocenters. The van der Waals surface area contributed by atoms with Crippen LogP contribution in [-0.2, 0) is 19.6 Å². The van der Waals surface area contributed by atoms with Crippen molar-refractivity contribution in [1.82, 2.24) is 9.21 Å². The number of methoxy groups -OCH3 is 1. The summed E-state index contributed by atoms with van der Waals surface area (Å²) in [4.78, 5) is 14.9. The molecule has 3 rings (SSSR count). The van der Waals surface area contributed by atoms with Crippen LogP contribution in [0.2, 0.25) is 0 Å². The molecule has 1 amide bonds. The lowest BCUT2D eigenvalue weighted by Crippen LogP contribution is -2.50. The van der Waals surface area contributed by atoms with E-state index < -0.39 is 22.2 Å². The minimum atomic E-state index is -3.92. The van der Waals surface area contributed by atoms with E-state index in [0.29, 0.717) is 12.1 Å². The Hall–Kier alpha value is -2.12. The number of nitrogens with zero attached hydrogens (tertiary/aromatic N) is 2. The normalized spacial score (nSPS) is 23.6. The second kappa shape index (κ2) is 12.2. The molecule has 0 aromatic heterocycles. The van der Waals surface area contributed by atoms with Gasteiger partial charge in [-0.1, -0.05) is 38.0 Å². The molecule has 9 heteroatoms. The SMILES string of the molecule is COCC#Cc1ccc2c(c1)O[C@@H](CN(C)C(=O)C1CCCCC1)[C@H](C)CN([C@H](C)CO)S2(=O)=O. The molecule has 1 fully saturated rings. The summed E-state index contributed by atoms with van der Waals surface area (Å²) in [6.45, 7) is 4.08. The van der Waals surface area contributed by atoms with Crippen LogP contribution < -0.4 is 4.74 Å². The number of hydrogen-bond acceptors (Lipinski definition) is 6. The Morgan fingerprint density at radius 2 is 2.03 bits per heavy atom. The number of hydrogen-bond donors (Lipinski definition) is 1. The highest BCUT2D eigenvalue weighted by Crippen LogP contribution is 2.34. The summed E-state index contributed by atoms with van der Waals surface area (Å²) >= 11 is 0. The van der Waals surface area contributed by atoms with Crippen molar-refractivity contribution in [2.45, 2.75) is 63.0 Å². The second-order valence-corrected chi connectivity index (χ2v) is 11.5. The molecule has 0 radical (unpaired) electrons. The third kappa shape index (κ3) is 6.56. The average molecular weight is 507 g/mol. The van der Waals surface area contributed by atoms with Crippen LogP contribution in [0.5, 0.6) is 5.75 Å². The van der Waals surface area contributed by atoms with Crippen LogP contribution in [-0.4, -0.2) is 81.2 Å². The van der Waals surface area contributed by atoms with Crippen LogP contribution in [0.1, 0.15) is 51.5 Å². The maximum atomic E-state index is 13.6. The summed E-state index contributed by atoms with van der Waals surface area (Å²) in [5, 5.41) is 9.79. The third-order valence-electron chi connectivity index (χ3n) is 6.90. The summed E-state index contributed by atoms with van der Waals surface area (Å²) in [6, 6.07) is 4.17. The minimum Gasteiger partial charge on any atom is -0.487 e. The first-order chi connectivity index (χ1) is 16.7. The number of rotatable bonds is 6. The van der Waals surface area contributed by atoms with Gasteiger partial charge in [0.2, 0.25) is 15.9 Å². The van der Waals surface area contributed by atoms with Crippen molar-refractivity contribution in [3.63, 3.8) is 0 Å². The fourth-order valence-electron chi connectivity index (χ4n) is 4.75. The van der Waals surface area contributed by atoms with Gasteiger partial charge in [-0.05, 0) is 38.0 Å². The number of sulfonamides is 1. The summed E-state index contributed by atoms with van der Waals surface area (Å²) < 4.78 is 39.8. The first-order valence-corrected chi connectivity index (χ1v) is 13.8. The Balaban J connectivity index is 1.96. The monoisotopic (exact) mass is 506 g/mol. The van der Waals surface area contributed by atoms with E-state index in [0.717, 1.165) is 25.7 Å². The summed E-state index contributed by atoms with van der Waals surface area (Å²) in [6.07, 6.45) is 4.72. The van der Waals surface area contributed by atoms with Crippen LogP contribution in [0, 0.1) is 23.7 Å². The van der Waals surface area contributed by atoms with Gasteiger partial charge < -0.3 is 19.5 Å². The largest absolute Gasteiger partial charge is 0.487 e. The molecule has 2 aliphatic rings. The average Bonchev–Trinajstić information content (AvgIpc) is 2.85. The van der Waals surface area contributed by atoms with Crippen molar-refractivity contribution < 1.29 is 27.8 Å². The zero-order valence-electron chi connectivity index (χ0n) is 21.2. The number of amides is 1. The standard InChI is InChI=1S/C26H38N2O6S/c1-19-16-28(20(2)18-29)35(31,32)25-13-12-21(9-8-14-33-4)15-23(25)34-24(19)17-27(3)26(30)22-10-6-5-7-11-22/h12-13,15,19-20,22,24,29H,5-7,10-11,14,16-18H2,1-4H3/t19-,20-,24+/m1/s1. The Labute approximate surface area is 209 Å². The van der Waals surface area contributed by atoms with Gasteiger partial charge in [0.15, 0.2) is 0 Å². The van der Waals surface area contributed by atoms with Gasteiger partial charge in [0.1, 0.15) is 23.4 Å². The lowest BCUT2D eigenvalue weighted by atomic mass is 9.88. The zero-order chi connectivity index (χ0) is 25.6. The lowest BCUT2D eigenvalue weighted by molar-refractivity contribution is -0.136. The molecule has 1 aromatic carbocycles. The van der Waals surface area contributed by atoms with E-state index >= 15 is 0 Å². The predicted molar refractivity (Wildman–Crippen MR) is 133 cm³/mol. The maximum Gasteiger partial charge on any atom is 0.247 e. The number of aliphatic hydroxyl groups is 1. The van der Waals surface area contributed by atoms with Crippen molar-refractivity contribution in [1.29, 1.82) is 0 Å². The first kappa shape index (κ1) is 27.5. The Morgan fingerprint density at radius 1 is 1.31 bits per heavy atom. The Bertz CT molecular complexity index is 1040. The predicted octanol–water partition coefficient (Wildman–Crippen LogP) is 2.49. The molecule has 35 heavy (non-hydrogen) atoms. The molecule has 1 aliphatic carbocycles. The van der Waals surface area contributed by atoms with Crippen LogP contribution >= 0.6 is 0 Å². The highest BCUT2D eigenvalue weighted by Gasteiger charge is 2.38. The molecule has 3 atom stereocenters. The molecular weight excluding hydrogens is 468 g/mol. The van der Waals surface area contributed by atoms with E-state index in [-0.39, 0.29) is 48.1 Å². The molecule has 1 N–H and O–H groups in total. The molecule has 0 spiro atoms. The number of likely N-dealkylation sites (N-methyl/N-ethyl adjacent to an activating group) is 1. The molecule has 1 aliphatic heterocycles. The number of ether oxygens (including phenoxy) is 2. The number of carbonyl (C=O) groups excluding carboxylic acids is 1. The Morgan fingerprint density at radius 3 is 2.69 bits per heavy atom. The van der Waals surface area contributed by atoms with Crippen molar-refractivity contribution in [3.8, 4) is 17.6 Å². The number of carbonyl (C=O) groups is 1. The molecule has 0 bridgehead atoms. The maximum absolute atomic E-state index is 13.6. The molecule has 8 nitrogen and oxygen atoms in total. The smallest absolute Gasteiger partial charge is 0.247 e.